The Morgan fingerprint density at radius 3 is 2.13 bits per heavy atom. The first-order valence-corrected chi connectivity index (χ1v) is 14.0. The van der Waals surface area contributed by atoms with Gasteiger partial charge in [-0.2, -0.15) is 0 Å². The van der Waals surface area contributed by atoms with Gasteiger partial charge in [0.25, 0.3) is 0 Å². The van der Waals surface area contributed by atoms with E-state index in [9.17, 15) is 9.90 Å². The maximum Gasteiger partial charge on any atom is 0.406 e. The SMILES string of the molecule is CC.CCCCN(CCC)c1nc(-c2ccccc2O)nc2cc(C)ccc12.CCCCO.CNC(=O)OC. The molecule has 0 bridgehead atoms. The predicted molar refractivity (Wildman–Crippen MR) is 164 cm³/mol. The van der Waals surface area contributed by atoms with E-state index in [2.05, 4.69) is 60.8 Å². The number of benzene rings is 2. The van der Waals surface area contributed by atoms with Crippen LogP contribution in [0.4, 0.5) is 10.6 Å². The first-order valence-electron chi connectivity index (χ1n) is 14.0. The largest absolute Gasteiger partial charge is 0.507 e. The number of aromatic hydroxyl groups is 1. The number of aryl methyl sites for hydroxylation is 1. The number of anilines is 1. The Balaban J connectivity index is 0.000000931. The van der Waals surface area contributed by atoms with Crippen LogP contribution < -0.4 is 10.2 Å². The molecule has 3 N–H and O–H groups in total. The van der Waals surface area contributed by atoms with Crippen molar-refractivity contribution in [2.45, 2.75) is 73.6 Å². The number of carbonyl (C=O) groups is 1. The van der Waals surface area contributed by atoms with Crippen molar-refractivity contribution >= 4 is 22.8 Å². The van der Waals surface area contributed by atoms with E-state index in [4.69, 9.17) is 15.1 Å². The van der Waals surface area contributed by atoms with Crippen LogP contribution >= 0.6 is 0 Å². The molecular formula is C31H50N4O4. The molecule has 0 radical (unpaired) electrons. The summed E-state index contributed by atoms with van der Waals surface area (Å²) in [6.07, 6.45) is 4.97. The van der Waals surface area contributed by atoms with Gasteiger partial charge in [0, 0.05) is 32.1 Å². The van der Waals surface area contributed by atoms with Crippen molar-refractivity contribution < 1.29 is 19.7 Å². The van der Waals surface area contributed by atoms with Crippen molar-refractivity contribution in [1.82, 2.24) is 15.3 Å². The van der Waals surface area contributed by atoms with Crippen molar-refractivity contribution in [1.29, 1.82) is 0 Å². The maximum absolute atomic E-state index is 10.3. The molecule has 3 rings (SSSR count). The van der Waals surface area contributed by atoms with Gasteiger partial charge in [0.05, 0.1) is 18.2 Å². The van der Waals surface area contributed by atoms with Gasteiger partial charge in [-0.1, -0.05) is 65.7 Å². The molecule has 1 amide bonds. The van der Waals surface area contributed by atoms with Crippen LogP contribution in [0.15, 0.2) is 42.5 Å². The van der Waals surface area contributed by atoms with Crippen molar-refractivity contribution in [3.05, 3.63) is 48.0 Å². The Morgan fingerprint density at radius 2 is 1.64 bits per heavy atom. The number of nitrogens with zero attached hydrogens (tertiary/aromatic N) is 3. The summed E-state index contributed by atoms with van der Waals surface area (Å²) in [6, 6.07) is 13.6. The third kappa shape index (κ3) is 12.8. The average Bonchev–Trinajstić information content (AvgIpc) is 2.96. The van der Waals surface area contributed by atoms with Crippen LogP contribution in [0.3, 0.4) is 0 Å². The topological polar surface area (TPSA) is 108 Å². The number of rotatable bonds is 9. The quantitative estimate of drug-likeness (QED) is 0.264. The number of unbranched alkanes of at least 4 members (excludes halogenated alkanes) is 2. The highest BCUT2D eigenvalue weighted by Gasteiger charge is 2.16. The molecule has 0 saturated carbocycles. The van der Waals surface area contributed by atoms with Gasteiger partial charge < -0.3 is 25.2 Å². The van der Waals surface area contributed by atoms with Gasteiger partial charge >= 0.3 is 6.09 Å². The second-order valence-corrected chi connectivity index (χ2v) is 8.57. The van der Waals surface area contributed by atoms with Gasteiger partial charge in [0.1, 0.15) is 11.6 Å². The molecule has 0 unspecified atom stereocenters. The standard InChI is InChI=1S/C22H27N3O.C4H10O.C3H7NO2.C2H6/c1-4-6-14-25(13-5-2)22-17-12-11-16(3)15-19(17)23-21(24-22)18-9-7-8-10-20(18)26;1-2-3-4-5;1-4-3(5)6-2;1-2/h7-12,15,26H,4-6,13-14H2,1-3H3;5H,2-4H2,1H3;1-2H3,(H,4,5);1-2H3. The maximum atomic E-state index is 10.3. The number of ether oxygens (including phenoxy) is 1. The third-order valence-corrected chi connectivity index (χ3v) is 5.45. The number of hydrogen-bond donors (Lipinski definition) is 3. The highest BCUT2D eigenvalue weighted by Crippen LogP contribution is 2.32. The molecule has 0 aliphatic heterocycles. The summed E-state index contributed by atoms with van der Waals surface area (Å²) >= 11 is 0. The molecule has 8 heteroatoms. The lowest BCUT2D eigenvalue weighted by Crippen LogP contribution is -2.26. The number of nitrogens with one attached hydrogen (secondary N) is 1. The van der Waals surface area contributed by atoms with E-state index in [0.717, 1.165) is 61.9 Å². The number of aromatic nitrogens is 2. The fraction of sp³-hybridized carbons (Fsp3) is 0.516. The molecule has 0 aliphatic rings. The normalized spacial score (nSPS) is 9.67. The monoisotopic (exact) mass is 542 g/mol. The number of methoxy groups -OCH3 is 1. The predicted octanol–water partition coefficient (Wildman–Crippen LogP) is 7.10. The van der Waals surface area contributed by atoms with Crippen LogP contribution in [-0.2, 0) is 4.74 Å². The second-order valence-electron chi connectivity index (χ2n) is 8.57. The number of fused-ring (bicyclic) bond motifs is 1. The van der Waals surface area contributed by atoms with Gasteiger partial charge in [0.2, 0.25) is 0 Å². The van der Waals surface area contributed by atoms with Crippen molar-refractivity contribution in [3.8, 4) is 17.1 Å². The molecule has 3 aromatic rings. The fourth-order valence-corrected chi connectivity index (χ4v) is 3.45. The lowest BCUT2D eigenvalue weighted by molar-refractivity contribution is 0.173. The first-order chi connectivity index (χ1) is 18.9. The van der Waals surface area contributed by atoms with Crippen LogP contribution in [0, 0.1) is 6.92 Å². The zero-order valence-corrected chi connectivity index (χ0v) is 25.3. The Hall–Kier alpha value is -3.39. The summed E-state index contributed by atoms with van der Waals surface area (Å²) in [5.74, 6) is 1.75. The van der Waals surface area contributed by atoms with E-state index in [-0.39, 0.29) is 5.75 Å². The number of aliphatic hydroxyl groups excluding tert-OH is 1. The minimum Gasteiger partial charge on any atom is -0.507 e. The van der Waals surface area contributed by atoms with Gasteiger partial charge in [-0.05, 0) is 56.0 Å². The highest BCUT2D eigenvalue weighted by atomic mass is 16.5. The molecule has 1 aromatic heterocycles. The lowest BCUT2D eigenvalue weighted by atomic mass is 10.1. The molecule has 8 nitrogen and oxygen atoms in total. The van der Waals surface area contributed by atoms with E-state index in [1.165, 1.54) is 19.7 Å². The van der Waals surface area contributed by atoms with E-state index >= 15 is 0 Å². The molecule has 39 heavy (non-hydrogen) atoms. The number of carbonyl (C=O) groups excluding carboxylic acids is 1. The van der Waals surface area contributed by atoms with Crippen LogP contribution in [0.5, 0.6) is 5.75 Å². The lowest BCUT2D eigenvalue weighted by Gasteiger charge is -2.25. The van der Waals surface area contributed by atoms with Gasteiger partial charge in [-0.3, -0.25) is 0 Å². The van der Waals surface area contributed by atoms with Crippen molar-refractivity contribution in [2.75, 3.05) is 38.8 Å². The molecule has 0 spiro atoms. The van der Waals surface area contributed by atoms with Crippen molar-refractivity contribution in [3.63, 3.8) is 0 Å². The number of phenols is 1. The van der Waals surface area contributed by atoms with Crippen LogP contribution in [0.1, 0.15) is 72.3 Å². The second kappa shape index (κ2) is 21.5. The number of aliphatic hydroxyl groups is 1. The summed E-state index contributed by atoms with van der Waals surface area (Å²) in [5.41, 5.74) is 2.76. The Kier molecular flexibility index (Phi) is 19.7. The molecule has 0 atom stereocenters. The minimum absolute atomic E-state index is 0.209. The smallest absolute Gasteiger partial charge is 0.406 e. The van der Waals surface area contributed by atoms with Gasteiger partial charge in [-0.25, -0.2) is 14.8 Å². The zero-order valence-electron chi connectivity index (χ0n) is 25.3. The van der Waals surface area contributed by atoms with E-state index < -0.39 is 6.09 Å². The number of amides is 1. The van der Waals surface area contributed by atoms with E-state index in [1.54, 1.807) is 6.07 Å². The number of para-hydroxylation sites is 1. The minimum atomic E-state index is -0.407. The average molecular weight is 543 g/mol. The summed E-state index contributed by atoms with van der Waals surface area (Å²) in [4.78, 5) is 21.8. The Bertz CT molecular complexity index is 1070. The van der Waals surface area contributed by atoms with Gasteiger partial charge in [0.15, 0.2) is 5.82 Å². The highest BCUT2D eigenvalue weighted by molar-refractivity contribution is 5.91. The molecule has 1 heterocycles. The summed E-state index contributed by atoms with van der Waals surface area (Å²) in [5, 5.41) is 21.7. The van der Waals surface area contributed by atoms with Crippen LogP contribution in [0.25, 0.3) is 22.3 Å². The number of alkyl carbamates (subject to hydrolysis) is 1. The summed E-state index contributed by atoms with van der Waals surface area (Å²) < 4.78 is 4.15. The molecule has 0 saturated heterocycles. The fourth-order valence-electron chi connectivity index (χ4n) is 3.45. The molecular weight excluding hydrogens is 492 g/mol. The van der Waals surface area contributed by atoms with E-state index in [0.29, 0.717) is 18.0 Å². The van der Waals surface area contributed by atoms with Gasteiger partial charge in [-0.15, -0.1) is 0 Å². The van der Waals surface area contributed by atoms with Crippen molar-refractivity contribution in [2.24, 2.45) is 0 Å². The van der Waals surface area contributed by atoms with Crippen LogP contribution in [-0.4, -0.2) is 60.1 Å². The summed E-state index contributed by atoms with van der Waals surface area (Å²) in [7, 11) is 2.82. The molecule has 0 fully saturated rings. The number of phenolic OH excluding ortho intramolecular Hbond substituents is 1. The Labute approximate surface area is 235 Å². The van der Waals surface area contributed by atoms with E-state index in [1.807, 2.05) is 32.0 Å². The third-order valence-electron chi connectivity index (χ3n) is 5.45. The zero-order chi connectivity index (χ0) is 29.6. The first kappa shape index (κ1) is 35.6. The summed E-state index contributed by atoms with van der Waals surface area (Å²) in [6.45, 7) is 14.8. The number of hydrogen-bond acceptors (Lipinski definition) is 7. The molecule has 218 valence electrons. The van der Waals surface area contributed by atoms with Crippen LogP contribution in [0.2, 0.25) is 0 Å². The molecule has 2 aromatic carbocycles. The molecule has 0 aliphatic carbocycles. The Morgan fingerprint density at radius 1 is 0.974 bits per heavy atom.